The van der Waals surface area contributed by atoms with Gasteiger partial charge in [-0.25, -0.2) is 4.98 Å². The van der Waals surface area contributed by atoms with Gasteiger partial charge >= 0.3 is 0 Å². The maximum atomic E-state index is 12.0. The van der Waals surface area contributed by atoms with E-state index in [1.54, 1.807) is 18.3 Å². The summed E-state index contributed by atoms with van der Waals surface area (Å²) in [6.07, 6.45) is 1.57. The third-order valence-electron chi connectivity index (χ3n) is 2.33. The maximum Gasteiger partial charge on any atom is 0.271 e. The third kappa shape index (κ3) is 5.83. The number of nitrogens with zero attached hydrogens (tertiary/aromatic N) is 1. The van der Waals surface area contributed by atoms with Crippen molar-refractivity contribution in [2.75, 3.05) is 26.3 Å². The Balaban J connectivity index is 2.51. The number of rotatable bonds is 6. The van der Waals surface area contributed by atoms with Crippen LogP contribution in [0.4, 0.5) is 0 Å². The molecule has 20 heavy (non-hydrogen) atoms. The van der Waals surface area contributed by atoms with Crippen molar-refractivity contribution in [3.63, 3.8) is 0 Å². The van der Waals surface area contributed by atoms with Crippen LogP contribution in [0.5, 0.6) is 0 Å². The summed E-state index contributed by atoms with van der Waals surface area (Å²) in [5.74, 6) is 5.80. The average Bonchev–Trinajstić information content (AvgIpc) is 2.44. The first-order valence-corrected chi connectivity index (χ1v) is 6.65. The van der Waals surface area contributed by atoms with E-state index in [-0.39, 0.29) is 12.5 Å². The van der Waals surface area contributed by atoms with Gasteiger partial charge in [0, 0.05) is 19.3 Å². The molecular formula is C15H21N3O2. The van der Waals surface area contributed by atoms with E-state index in [1.807, 2.05) is 0 Å². The lowest BCUT2D eigenvalue weighted by atomic mass is 10.2. The standard InChI is InChI=1S/C15H21N3O2/c1-12(2)11-20-10-9-18-15(19)14-13(5-3-7-16)6-4-8-17-14/h4,6,8,12H,7,9-11,16H2,1-2H3,(H,18,19). The molecule has 0 saturated heterocycles. The molecule has 3 N–H and O–H groups in total. The van der Waals surface area contributed by atoms with E-state index in [0.29, 0.717) is 36.9 Å². The minimum absolute atomic E-state index is 0.249. The summed E-state index contributed by atoms with van der Waals surface area (Å²) in [5.41, 5.74) is 6.23. The number of nitrogens with two attached hydrogens (primary N) is 1. The number of pyridine rings is 1. The topological polar surface area (TPSA) is 77.2 Å². The molecule has 0 fully saturated rings. The molecule has 0 radical (unpaired) electrons. The van der Waals surface area contributed by atoms with Crippen LogP contribution >= 0.6 is 0 Å². The number of amides is 1. The summed E-state index contributed by atoms with van der Waals surface area (Å²) in [6, 6.07) is 3.49. The van der Waals surface area contributed by atoms with Crippen molar-refractivity contribution >= 4 is 5.91 Å². The Kier molecular flexibility index (Phi) is 7.33. The number of aromatic nitrogens is 1. The number of hydrogen-bond donors (Lipinski definition) is 2. The average molecular weight is 275 g/mol. The molecule has 0 aliphatic carbocycles. The van der Waals surface area contributed by atoms with Crippen LogP contribution in [0.2, 0.25) is 0 Å². The van der Waals surface area contributed by atoms with Crippen LogP contribution in [0.3, 0.4) is 0 Å². The van der Waals surface area contributed by atoms with E-state index < -0.39 is 0 Å². The van der Waals surface area contributed by atoms with E-state index in [9.17, 15) is 4.79 Å². The molecule has 0 spiro atoms. The fourth-order valence-electron chi connectivity index (χ4n) is 1.47. The first-order chi connectivity index (χ1) is 9.65. The molecule has 5 heteroatoms. The number of nitrogens with one attached hydrogen (secondary N) is 1. The van der Waals surface area contributed by atoms with Crippen molar-refractivity contribution in [2.24, 2.45) is 11.7 Å². The van der Waals surface area contributed by atoms with Gasteiger partial charge < -0.3 is 15.8 Å². The molecule has 1 aromatic heterocycles. The Morgan fingerprint density at radius 1 is 1.55 bits per heavy atom. The van der Waals surface area contributed by atoms with Crippen LogP contribution < -0.4 is 11.1 Å². The summed E-state index contributed by atoms with van der Waals surface area (Å²) in [4.78, 5) is 16.1. The fraction of sp³-hybridized carbons (Fsp3) is 0.467. The summed E-state index contributed by atoms with van der Waals surface area (Å²) in [5, 5.41) is 2.76. The molecule has 0 aliphatic rings. The van der Waals surface area contributed by atoms with Gasteiger partial charge in [0.2, 0.25) is 0 Å². The van der Waals surface area contributed by atoms with Crippen LogP contribution in [0.25, 0.3) is 0 Å². The van der Waals surface area contributed by atoms with Crippen LogP contribution in [-0.2, 0) is 4.74 Å². The minimum atomic E-state index is -0.250. The van der Waals surface area contributed by atoms with Gasteiger partial charge in [-0.1, -0.05) is 25.7 Å². The van der Waals surface area contributed by atoms with Crippen molar-refractivity contribution in [3.05, 3.63) is 29.6 Å². The predicted molar refractivity (Wildman–Crippen MR) is 78.2 cm³/mol. The van der Waals surface area contributed by atoms with Crippen molar-refractivity contribution in [2.45, 2.75) is 13.8 Å². The molecular weight excluding hydrogens is 254 g/mol. The van der Waals surface area contributed by atoms with E-state index in [0.717, 1.165) is 0 Å². The lowest BCUT2D eigenvalue weighted by molar-refractivity contribution is 0.0882. The van der Waals surface area contributed by atoms with Gasteiger partial charge in [-0.15, -0.1) is 0 Å². The first-order valence-electron chi connectivity index (χ1n) is 6.65. The highest BCUT2D eigenvalue weighted by atomic mass is 16.5. The van der Waals surface area contributed by atoms with Gasteiger partial charge in [-0.2, -0.15) is 0 Å². The van der Waals surface area contributed by atoms with Crippen LogP contribution in [0.15, 0.2) is 18.3 Å². The Bertz CT molecular complexity index is 489. The zero-order chi connectivity index (χ0) is 14.8. The second-order valence-electron chi connectivity index (χ2n) is 4.63. The first kappa shape index (κ1) is 16.2. The Hall–Kier alpha value is -1.90. The highest BCUT2D eigenvalue weighted by molar-refractivity contribution is 5.94. The van der Waals surface area contributed by atoms with Gasteiger partial charge in [0.25, 0.3) is 5.91 Å². The molecule has 0 atom stereocenters. The SMILES string of the molecule is CC(C)COCCNC(=O)c1ncccc1C#CCN. The largest absolute Gasteiger partial charge is 0.379 e. The minimum Gasteiger partial charge on any atom is -0.379 e. The van der Waals surface area contributed by atoms with Crippen LogP contribution in [0.1, 0.15) is 29.9 Å². The van der Waals surface area contributed by atoms with E-state index >= 15 is 0 Å². The lowest BCUT2D eigenvalue weighted by Crippen LogP contribution is -2.29. The Morgan fingerprint density at radius 2 is 2.35 bits per heavy atom. The summed E-state index contributed by atoms with van der Waals surface area (Å²) in [7, 11) is 0. The molecule has 108 valence electrons. The van der Waals surface area contributed by atoms with Gasteiger partial charge in [-0.05, 0) is 18.1 Å². The Labute approximate surface area is 119 Å². The molecule has 1 amide bonds. The molecule has 1 heterocycles. The number of hydrogen-bond acceptors (Lipinski definition) is 4. The second kappa shape index (κ2) is 9.08. The number of ether oxygens (including phenoxy) is 1. The second-order valence-corrected chi connectivity index (χ2v) is 4.63. The zero-order valence-corrected chi connectivity index (χ0v) is 12.0. The molecule has 1 aromatic rings. The maximum absolute atomic E-state index is 12.0. The summed E-state index contributed by atoms with van der Waals surface area (Å²) in [6.45, 7) is 6.03. The number of carbonyl (C=O) groups is 1. The molecule has 5 nitrogen and oxygen atoms in total. The van der Waals surface area contributed by atoms with Gasteiger partial charge in [0.15, 0.2) is 0 Å². The highest BCUT2D eigenvalue weighted by Gasteiger charge is 2.10. The van der Waals surface area contributed by atoms with Crippen molar-refractivity contribution in [1.82, 2.24) is 10.3 Å². The van der Waals surface area contributed by atoms with Crippen molar-refractivity contribution in [3.8, 4) is 11.8 Å². The monoisotopic (exact) mass is 275 g/mol. The molecule has 1 rings (SSSR count). The highest BCUT2D eigenvalue weighted by Crippen LogP contribution is 2.03. The van der Waals surface area contributed by atoms with E-state index in [2.05, 4.69) is 36.0 Å². The van der Waals surface area contributed by atoms with E-state index in [1.165, 1.54) is 0 Å². The van der Waals surface area contributed by atoms with Crippen LogP contribution in [0, 0.1) is 17.8 Å². The van der Waals surface area contributed by atoms with Crippen molar-refractivity contribution < 1.29 is 9.53 Å². The number of carbonyl (C=O) groups excluding carboxylic acids is 1. The third-order valence-corrected chi connectivity index (χ3v) is 2.33. The smallest absolute Gasteiger partial charge is 0.271 e. The lowest BCUT2D eigenvalue weighted by Gasteiger charge is -2.08. The molecule has 0 saturated carbocycles. The van der Waals surface area contributed by atoms with E-state index in [4.69, 9.17) is 10.5 Å². The quantitative estimate of drug-likeness (QED) is 0.594. The summed E-state index contributed by atoms with van der Waals surface area (Å²) >= 11 is 0. The van der Waals surface area contributed by atoms with Gasteiger partial charge in [0.05, 0.1) is 18.7 Å². The molecule has 0 aromatic carbocycles. The molecule has 0 unspecified atom stereocenters. The molecule has 0 aliphatic heterocycles. The van der Waals surface area contributed by atoms with Gasteiger partial charge in [0.1, 0.15) is 5.69 Å². The Morgan fingerprint density at radius 3 is 3.05 bits per heavy atom. The molecule has 0 bridgehead atoms. The van der Waals surface area contributed by atoms with Crippen molar-refractivity contribution in [1.29, 1.82) is 0 Å². The fourth-order valence-corrected chi connectivity index (χ4v) is 1.47. The normalized spacial score (nSPS) is 10.0. The van der Waals surface area contributed by atoms with Gasteiger partial charge in [-0.3, -0.25) is 4.79 Å². The predicted octanol–water partition coefficient (Wildman–Crippen LogP) is 0.794. The zero-order valence-electron chi connectivity index (χ0n) is 12.0. The van der Waals surface area contributed by atoms with Crippen LogP contribution in [-0.4, -0.2) is 37.2 Å². The summed E-state index contributed by atoms with van der Waals surface area (Å²) < 4.78 is 5.40.